The molecule has 2 aromatic rings. The molecule has 6 heteroatoms. The molecule has 1 amide bonds. The molecule has 0 atom stereocenters. The van der Waals surface area contributed by atoms with Gasteiger partial charge in [-0.05, 0) is 43.2 Å². The maximum absolute atomic E-state index is 12.1. The first-order chi connectivity index (χ1) is 11.9. The molecule has 25 heavy (non-hydrogen) atoms. The number of para-hydroxylation sites is 1. The summed E-state index contributed by atoms with van der Waals surface area (Å²) >= 11 is 0. The number of carboxylic acid groups (broad SMARTS) is 1. The van der Waals surface area contributed by atoms with E-state index in [1.807, 2.05) is 13.0 Å². The van der Waals surface area contributed by atoms with Crippen molar-refractivity contribution in [3.63, 3.8) is 0 Å². The van der Waals surface area contributed by atoms with Gasteiger partial charge in [-0.2, -0.15) is 0 Å². The number of carbonyl (C=O) groups excluding carboxylic acids is 2. The zero-order valence-electron chi connectivity index (χ0n) is 14.0. The van der Waals surface area contributed by atoms with Gasteiger partial charge in [0.25, 0.3) is 5.91 Å². The molecule has 0 heterocycles. The number of nitrogens with one attached hydrogen (secondary N) is 1. The van der Waals surface area contributed by atoms with Gasteiger partial charge < -0.3 is 15.2 Å². The van der Waals surface area contributed by atoms with Crippen LogP contribution in [0.5, 0.6) is 5.75 Å². The number of aromatic carboxylic acids is 1. The number of hydrogen-bond donors (Lipinski definition) is 2. The molecule has 0 bridgehead atoms. The zero-order chi connectivity index (χ0) is 18.4. The van der Waals surface area contributed by atoms with Crippen molar-refractivity contribution in [3.8, 4) is 5.75 Å². The van der Waals surface area contributed by atoms with E-state index in [2.05, 4.69) is 5.32 Å². The number of amides is 1. The standard InChI is InChI=1S/C19H19NO5/c1-3-13-8-9-17(15(10-13)12(2)21)25-11-18(22)20-16-7-5-4-6-14(16)19(23)24/h4-10H,3,11H2,1-2H3,(H,20,22)(H,23,24). The van der Waals surface area contributed by atoms with Crippen LogP contribution >= 0.6 is 0 Å². The Kier molecular flexibility index (Phi) is 5.89. The van der Waals surface area contributed by atoms with Gasteiger partial charge in [-0.15, -0.1) is 0 Å². The third kappa shape index (κ3) is 4.67. The van der Waals surface area contributed by atoms with E-state index in [1.165, 1.54) is 19.1 Å². The smallest absolute Gasteiger partial charge is 0.337 e. The molecule has 2 N–H and O–H groups in total. The molecule has 0 spiro atoms. The summed E-state index contributed by atoms with van der Waals surface area (Å²) in [5.41, 5.74) is 1.60. The van der Waals surface area contributed by atoms with Crippen molar-refractivity contribution < 1.29 is 24.2 Å². The van der Waals surface area contributed by atoms with Crippen LogP contribution in [0, 0.1) is 0 Å². The molecule has 6 nitrogen and oxygen atoms in total. The predicted octanol–water partition coefficient (Wildman–Crippen LogP) is 3.17. The highest BCUT2D eigenvalue weighted by Crippen LogP contribution is 2.21. The maximum atomic E-state index is 12.1. The molecule has 0 radical (unpaired) electrons. The lowest BCUT2D eigenvalue weighted by molar-refractivity contribution is -0.118. The van der Waals surface area contributed by atoms with Gasteiger partial charge in [0.15, 0.2) is 12.4 Å². The quantitative estimate of drug-likeness (QED) is 0.755. The number of hydrogen-bond acceptors (Lipinski definition) is 4. The van der Waals surface area contributed by atoms with Crippen LogP contribution in [-0.4, -0.2) is 29.4 Å². The van der Waals surface area contributed by atoms with Crippen molar-refractivity contribution in [2.45, 2.75) is 20.3 Å². The van der Waals surface area contributed by atoms with Crippen LogP contribution in [0.15, 0.2) is 42.5 Å². The van der Waals surface area contributed by atoms with Gasteiger partial charge in [-0.1, -0.05) is 25.1 Å². The number of benzene rings is 2. The Morgan fingerprint density at radius 2 is 1.80 bits per heavy atom. The van der Waals surface area contributed by atoms with Crippen molar-refractivity contribution >= 4 is 23.3 Å². The van der Waals surface area contributed by atoms with Crippen LogP contribution in [0.4, 0.5) is 5.69 Å². The molecule has 0 saturated carbocycles. The van der Waals surface area contributed by atoms with E-state index in [0.717, 1.165) is 12.0 Å². The maximum Gasteiger partial charge on any atom is 0.337 e. The Morgan fingerprint density at radius 1 is 1.08 bits per heavy atom. The highest BCUT2D eigenvalue weighted by atomic mass is 16.5. The number of Topliss-reactive ketones (excluding diaryl/α,β-unsaturated/α-hetero) is 1. The van der Waals surface area contributed by atoms with Gasteiger partial charge in [0.1, 0.15) is 5.75 Å². The fraction of sp³-hybridized carbons (Fsp3) is 0.211. The largest absolute Gasteiger partial charge is 0.483 e. The van der Waals surface area contributed by atoms with Gasteiger partial charge in [-0.3, -0.25) is 9.59 Å². The van der Waals surface area contributed by atoms with Crippen molar-refractivity contribution in [2.75, 3.05) is 11.9 Å². The van der Waals surface area contributed by atoms with Crippen molar-refractivity contribution in [1.29, 1.82) is 0 Å². The van der Waals surface area contributed by atoms with E-state index in [0.29, 0.717) is 11.3 Å². The summed E-state index contributed by atoms with van der Waals surface area (Å²) in [6.07, 6.45) is 0.785. The molecule has 130 valence electrons. The Hall–Kier alpha value is -3.15. The number of aryl methyl sites for hydroxylation is 1. The average molecular weight is 341 g/mol. The van der Waals surface area contributed by atoms with Crippen LogP contribution in [0.1, 0.15) is 40.1 Å². The third-order valence-electron chi connectivity index (χ3n) is 3.62. The molecule has 0 aliphatic carbocycles. The molecular formula is C19H19NO5. The van der Waals surface area contributed by atoms with Gasteiger partial charge in [0, 0.05) is 0 Å². The third-order valence-corrected chi connectivity index (χ3v) is 3.62. The number of anilines is 1. The Balaban J connectivity index is 2.08. The summed E-state index contributed by atoms with van der Waals surface area (Å²) in [6.45, 7) is 3.08. The lowest BCUT2D eigenvalue weighted by atomic mass is 10.1. The highest BCUT2D eigenvalue weighted by Gasteiger charge is 2.14. The normalized spacial score (nSPS) is 10.2. The van der Waals surface area contributed by atoms with Crippen LogP contribution < -0.4 is 10.1 Å². The second kappa shape index (κ2) is 8.10. The van der Waals surface area contributed by atoms with E-state index in [9.17, 15) is 14.4 Å². The van der Waals surface area contributed by atoms with Gasteiger partial charge in [-0.25, -0.2) is 4.79 Å². The van der Waals surface area contributed by atoms with Crippen LogP contribution in [0.3, 0.4) is 0 Å². The van der Waals surface area contributed by atoms with Crippen LogP contribution in [0.2, 0.25) is 0 Å². The number of carbonyl (C=O) groups is 3. The minimum Gasteiger partial charge on any atom is -0.483 e. The first-order valence-electron chi connectivity index (χ1n) is 7.81. The van der Waals surface area contributed by atoms with E-state index in [-0.39, 0.29) is 23.6 Å². The molecule has 0 aliphatic heterocycles. The lowest BCUT2D eigenvalue weighted by Gasteiger charge is -2.12. The van der Waals surface area contributed by atoms with Gasteiger partial charge in [0.05, 0.1) is 16.8 Å². The lowest BCUT2D eigenvalue weighted by Crippen LogP contribution is -2.22. The first kappa shape index (κ1) is 18.2. The predicted molar refractivity (Wildman–Crippen MR) is 93.4 cm³/mol. The number of ether oxygens (including phenoxy) is 1. The molecular weight excluding hydrogens is 322 g/mol. The summed E-state index contributed by atoms with van der Waals surface area (Å²) in [7, 11) is 0. The van der Waals surface area contributed by atoms with Gasteiger partial charge in [0.2, 0.25) is 0 Å². The number of ketones is 1. The highest BCUT2D eigenvalue weighted by molar-refractivity contribution is 6.01. The molecule has 2 aromatic carbocycles. The molecule has 2 rings (SSSR count). The van der Waals surface area contributed by atoms with Gasteiger partial charge >= 0.3 is 5.97 Å². The number of rotatable bonds is 7. The van der Waals surface area contributed by atoms with E-state index in [4.69, 9.17) is 9.84 Å². The summed E-state index contributed by atoms with van der Waals surface area (Å²) in [5, 5.41) is 11.6. The fourth-order valence-corrected chi connectivity index (χ4v) is 2.31. The topological polar surface area (TPSA) is 92.7 Å². The Bertz CT molecular complexity index is 813. The molecule has 0 aliphatic rings. The average Bonchev–Trinajstić information content (AvgIpc) is 2.60. The van der Waals surface area contributed by atoms with E-state index >= 15 is 0 Å². The SMILES string of the molecule is CCc1ccc(OCC(=O)Nc2ccccc2C(=O)O)c(C(C)=O)c1. The minimum absolute atomic E-state index is 0.00688. The van der Waals surface area contributed by atoms with E-state index < -0.39 is 11.9 Å². The van der Waals surface area contributed by atoms with Crippen LogP contribution in [0.25, 0.3) is 0 Å². The molecule has 0 aromatic heterocycles. The molecule has 0 fully saturated rings. The Labute approximate surface area is 145 Å². The number of carboxylic acids is 1. The molecule has 0 unspecified atom stereocenters. The second-order valence-electron chi connectivity index (χ2n) is 5.43. The van der Waals surface area contributed by atoms with Crippen molar-refractivity contribution in [3.05, 3.63) is 59.2 Å². The summed E-state index contributed by atoms with van der Waals surface area (Å²) in [5.74, 6) is -1.47. The Morgan fingerprint density at radius 3 is 2.44 bits per heavy atom. The van der Waals surface area contributed by atoms with Crippen LogP contribution in [-0.2, 0) is 11.2 Å². The fourth-order valence-electron chi connectivity index (χ4n) is 2.31. The van der Waals surface area contributed by atoms with Crippen molar-refractivity contribution in [1.82, 2.24) is 0 Å². The zero-order valence-corrected chi connectivity index (χ0v) is 14.0. The first-order valence-corrected chi connectivity index (χ1v) is 7.81. The summed E-state index contributed by atoms with van der Waals surface area (Å²) in [4.78, 5) is 34.9. The van der Waals surface area contributed by atoms with Crippen molar-refractivity contribution in [2.24, 2.45) is 0 Å². The summed E-state index contributed by atoms with van der Waals surface area (Å²) < 4.78 is 5.45. The second-order valence-corrected chi connectivity index (χ2v) is 5.43. The molecule has 0 saturated heterocycles. The summed E-state index contributed by atoms with van der Waals surface area (Å²) in [6, 6.07) is 11.3. The van der Waals surface area contributed by atoms with E-state index in [1.54, 1.807) is 24.3 Å². The monoisotopic (exact) mass is 341 g/mol. The minimum atomic E-state index is -1.13.